The van der Waals surface area contributed by atoms with Crippen molar-refractivity contribution in [3.05, 3.63) is 24.3 Å². The monoisotopic (exact) mass is 319 g/mol. The molecule has 0 aromatic heterocycles. The van der Waals surface area contributed by atoms with Crippen LogP contribution < -0.4 is 15.0 Å². The van der Waals surface area contributed by atoms with Gasteiger partial charge in [0, 0.05) is 33.1 Å². The largest absolute Gasteiger partial charge is 0.495 e. The number of nitrogens with one attached hydrogen (secondary N) is 1. The molecule has 0 unspecified atom stereocenters. The number of hydrogen-bond donors (Lipinski definition) is 1. The third kappa shape index (κ3) is 4.61. The summed E-state index contributed by atoms with van der Waals surface area (Å²) in [6.07, 6.45) is 1.62. The zero-order chi connectivity index (χ0) is 16.8. The number of nitrogens with zero attached hydrogens (tertiary/aromatic N) is 2. The lowest BCUT2D eigenvalue weighted by molar-refractivity contribution is -0.130. The van der Waals surface area contributed by atoms with E-state index in [0.29, 0.717) is 13.1 Å². The van der Waals surface area contributed by atoms with Crippen molar-refractivity contribution in [2.75, 3.05) is 38.7 Å². The summed E-state index contributed by atoms with van der Waals surface area (Å²) in [6.45, 7) is 3.28. The molecule has 2 amide bonds. The Bertz CT molecular complexity index is 554. The fourth-order valence-corrected chi connectivity index (χ4v) is 2.86. The molecule has 0 bridgehead atoms. The molecule has 1 aliphatic heterocycles. The lowest BCUT2D eigenvalue weighted by Gasteiger charge is -2.32. The number of anilines is 1. The smallest absolute Gasteiger partial charge is 0.239 e. The van der Waals surface area contributed by atoms with Crippen LogP contribution >= 0.6 is 0 Å². The number of ether oxygens (including phenoxy) is 1. The third-order valence-corrected chi connectivity index (χ3v) is 4.18. The maximum Gasteiger partial charge on any atom is 0.239 e. The lowest BCUT2D eigenvalue weighted by atomic mass is 10.1. The lowest BCUT2D eigenvalue weighted by Crippen LogP contribution is -2.48. The topological polar surface area (TPSA) is 61.9 Å². The standard InChI is InChI=1S/C17H25N3O3/c1-13(21)20-10-8-14(9-11-20)18-17(22)12-19(2)15-6-4-5-7-16(15)23-3/h4-7,14H,8-12H2,1-3H3,(H,18,22). The second kappa shape index (κ2) is 7.85. The summed E-state index contributed by atoms with van der Waals surface area (Å²) in [5.74, 6) is 0.836. The number of amides is 2. The molecule has 1 aromatic rings. The van der Waals surface area contributed by atoms with Crippen LogP contribution in [0.25, 0.3) is 0 Å². The van der Waals surface area contributed by atoms with Crippen LogP contribution in [0.2, 0.25) is 0 Å². The number of carbonyl (C=O) groups is 2. The Morgan fingerprint density at radius 3 is 2.57 bits per heavy atom. The van der Waals surface area contributed by atoms with Crippen molar-refractivity contribution in [2.24, 2.45) is 0 Å². The van der Waals surface area contributed by atoms with E-state index in [-0.39, 0.29) is 24.4 Å². The SMILES string of the molecule is COc1ccccc1N(C)CC(=O)NC1CCN(C(C)=O)CC1. The predicted molar refractivity (Wildman–Crippen MR) is 89.7 cm³/mol. The van der Waals surface area contributed by atoms with Gasteiger partial charge in [0.25, 0.3) is 0 Å². The van der Waals surface area contributed by atoms with Crippen molar-refractivity contribution in [3.63, 3.8) is 0 Å². The quantitative estimate of drug-likeness (QED) is 0.887. The zero-order valence-corrected chi connectivity index (χ0v) is 14.0. The molecular formula is C17H25N3O3. The molecule has 0 radical (unpaired) electrons. The summed E-state index contributed by atoms with van der Waals surface area (Å²) in [4.78, 5) is 27.2. The fourth-order valence-electron chi connectivity index (χ4n) is 2.86. The molecule has 1 heterocycles. The Kier molecular flexibility index (Phi) is 5.84. The van der Waals surface area contributed by atoms with Gasteiger partial charge in [-0.15, -0.1) is 0 Å². The first-order valence-electron chi connectivity index (χ1n) is 7.90. The molecule has 6 heteroatoms. The number of likely N-dealkylation sites (N-methyl/N-ethyl adjacent to an activating group) is 1. The van der Waals surface area contributed by atoms with Gasteiger partial charge in [-0.25, -0.2) is 0 Å². The first kappa shape index (κ1) is 17.1. The van der Waals surface area contributed by atoms with Gasteiger partial charge in [-0.05, 0) is 25.0 Å². The number of rotatable bonds is 5. The zero-order valence-electron chi connectivity index (χ0n) is 14.0. The molecule has 0 saturated carbocycles. The van der Waals surface area contributed by atoms with Gasteiger partial charge in [0.1, 0.15) is 5.75 Å². The molecule has 1 fully saturated rings. The molecule has 23 heavy (non-hydrogen) atoms. The molecule has 1 aliphatic rings. The molecule has 0 aliphatic carbocycles. The first-order chi connectivity index (χ1) is 11.0. The average molecular weight is 319 g/mol. The van der Waals surface area contributed by atoms with Crippen LogP contribution in [0.5, 0.6) is 5.75 Å². The van der Waals surface area contributed by atoms with Gasteiger partial charge in [0.2, 0.25) is 11.8 Å². The molecule has 6 nitrogen and oxygen atoms in total. The van der Waals surface area contributed by atoms with Crippen LogP contribution in [0.1, 0.15) is 19.8 Å². The maximum atomic E-state index is 12.2. The minimum absolute atomic E-state index is 0.0142. The molecule has 0 spiro atoms. The van der Waals surface area contributed by atoms with E-state index in [9.17, 15) is 9.59 Å². The van der Waals surface area contributed by atoms with Gasteiger partial charge in [0.05, 0.1) is 19.3 Å². The van der Waals surface area contributed by atoms with Gasteiger partial charge >= 0.3 is 0 Å². The van der Waals surface area contributed by atoms with Crippen LogP contribution in [0.3, 0.4) is 0 Å². The summed E-state index contributed by atoms with van der Waals surface area (Å²) in [5.41, 5.74) is 0.886. The van der Waals surface area contributed by atoms with Crippen molar-refractivity contribution in [2.45, 2.75) is 25.8 Å². The van der Waals surface area contributed by atoms with Crippen molar-refractivity contribution in [3.8, 4) is 5.75 Å². The predicted octanol–water partition coefficient (Wildman–Crippen LogP) is 1.26. The van der Waals surface area contributed by atoms with Crippen LogP contribution in [0.4, 0.5) is 5.69 Å². The number of carbonyl (C=O) groups excluding carboxylic acids is 2. The number of hydrogen-bond acceptors (Lipinski definition) is 4. The fraction of sp³-hybridized carbons (Fsp3) is 0.529. The second-order valence-corrected chi connectivity index (χ2v) is 5.88. The van der Waals surface area contributed by atoms with E-state index in [4.69, 9.17) is 4.74 Å². The summed E-state index contributed by atoms with van der Waals surface area (Å²) < 4.78 is 5.32. The van der Waals surface area contributed by atoms with Crippen LogP contribution in [0, 0.1) is 0 Å². The highest BCUT2D eigenvalue weighted by atomic mass is 16.5. The highest BCUT2D eigenvalue weighted by Crippen LogP contribution is 2.26. The Morgan fingerprint density at radius 2 is 1.96 bits per heavy atom. The molecule has 1 aromatic carbocycles. The number of likely N-dealkylation sites (tertiary alicyclic amines) is 1. The van der Waals surface area contributed by atoms with Gasteiger partial charge in [-0.1, -0.05) is 12.1 Å². The van der Waals surface area contributed by atoms with Gasteiger partial charge < -0.3 is 19.9 Å². The van der Waals surface area contributed by atoms with Crippen molar-refractivity contribution < 1.29 is 14.3 Å². The van der Waals surface area contributed by atoms with Gasteiger partial charge in [-0.3, -0.25) is 9.59 Å². The normalized spacial score (nSPS) is 15.2. The summed E-state index contributed by atoms with van der Waals surface area (Å²) in [7, 11) is 3.49. The average Bonchev–Trinajstić information content (AvgIpc) is 2.55. The molecule has 1 N–H and O–H groups in total. The highest BCUT2D eigenvalue weighted by Gasteiger charge is 2.22. The van der Waals surface area contributed by atoms with E-state index in [1.807, 2.05) is 41.1 Å². The maximum absolute atomic E-state index is 12.2. The van der Waals surface area contributed by atoms with E-state index >= 15 is 0 Å². The Hall–Kier alpha value is -2.24. The molecule has 2 rings (SSSR count). The van der Waals surface area contributed by atoms with E-state index < -0.39 is 0 Å². The Balaban J connectivity index is 1.84. The number of piperidine rings is 1. The number of para-hydroxylation sites is 2. The second-order valence-electron chi connectivity index (χ2n) is 5.88. The number of benzene rings is 1. The minimum atomic E-state index is -0.0142. The van der Waals surface area contributed by atoms with Gasteiger partial charge in [0.15, 0.2) is 0 Å². The number of methoxy groups -OCH3 is 1. The van der Waals surface area contributed by atoms with Crippen molar-refractivity contribution in [1.29, 1.82) is 0 Å². The molecular weight excluding hydrogens is 294 g/mol. The van der Waals surface area contributed by atoms with Crippen LogP contribution in [-0.2, 0) is 9.59 Å². The third-order valence-electron chi connectivity index (χ3n) is 4.18. The van der Waals surface area contributed by atoms with Crippen molar-refractivity contribution in [1.82, 2.24) is 10.2 Å². The Labute approximate surface area is 137 Å². The van der Waals surface area contributed by atoms with E-state index in [0.717, 1.165) is 24.3 Å². The molecule has 0 atom stereocenters. The van der Waals surface area contributed by atoms with Crippen LogP contribution in [-0.4, -0.2) is 56.5 Å². The van der Waals surface area contributed by atoms with E-state index in [1.54, 1.807) is 14.0 Å². The van der Waals surface area contributed by atoms with E-state index in [2.05, 4.69) is 5.32 Å². The van der Waals surface area contributed by atoms with E-state index in [1.165, 1.54) is 0 Å². The summed E-state index contributed by atoms with van der Waals surface area (Å²) in [5, 5.41) is 3.06. The first-order valence-corrected chi connectivity index (χ1v) is 7.90. The summed E-state index contributed by atoms with van der Waals surface area (Å²) in [6, 6.07) is 7.77. The summed E-state index contributed by atoms with van der Waals surface area (Å²) >= 11 is 0. The van der Waals surface area contributed by atoms with Gasteiger partial charge in [-0.2, -0.15) is 0 Å². The molecule has 126 valence electrons. The van der Waals surface area contributed by atoms with Crippen molar-refractivity contribution >= 4 is 17.5 Å². The van der Waals surface area contributed by atoms with Crippen LogP contribution in [0.15, 0.2) is 24.3 Å². The Morgan fingerprint density at radius 1 is 1.30 bits per heavy atom. The minimum Gasteiger partial charge on any atom is -0.495 e. The highest BCUT2D eigenvalue weighted by molar-refractivity contribution is 5.82. The molecule has 1 saturated heterocycles.